The summed E-state index contributed by atoms with van der Waals surface area (Å²) in [4.78, 5) is 12.4. The SMILES string of the molecule is Cc1ccccc1C(C#N)C(=O)c1cc(C)n(C)n1. The second-order valence-electron chi connectivity index (χ2n) is 4.58. The van der Waals surface area contributed by atoms with E-state index in [2.05, 4.69) is 11.2 Å². The molecule has 1 unspecified atom stereocenters. The van der Waals surface area contributed by atoms with E-state index in [9.17, 15) is 10.1 Å². The van der Waals surface area contributed by atoms with E-state index in [1.807, 2.05) is 38.1 Å². The van der Waals surface area contributed by atoms with Gasteiger partial charge in [-0.3, -0.25) is 9.48 Å². The van der Waals surface area contributed by atoms with Crippen LogP contribution in [0.15, 0.2) is 30.3 Å². The first-order chi connectivity index (χ1) is 9.04. The van der Waals surface area contributed by atoms with E-state index in [0.717, 1.165) is 16.8 Å². The Morgan fingerprint density at radius 1 is 1.37 bits per heavy atom. The molecule has 1 aromatic heterocycles. The third-order valence-corrected chi connectivity index (χ3v) is 3.26. The second kappa shape index (κ2) is 5.07. The second-order valence-corrected chi connectivity index (χ2v) is 4.58. The summed E-state index contributed by atoms with van der Waals surface area (Å²) in [7, 11) is 1.78. The largest absolute Gasteiger partial charge is 0.290 e. The zero-order chi connectivity index (χ0) is 14.0. The average Bonchev–Trinajstić information content (AvgIpc) is 2.73. The van der Waals surface area contributed by atoms with Gasteiger partial charge in [-0.1, -0.05) is 24.3 Å². The van der Waals surface area contributed by atoms with E-state index in [-0.39, 0.29) is 5.78 Å². The van der Waals surface area contributed by atoms with Crippen molar-refractivity contribution in [1.82, 2.24) is 9.78 Å². The number of aryl methyl sites for hydroxylation is 3. The van der Waals surface area contributed by atoms with Gasteiger partial charge in [0, 0.05) is 12.7 Å². The maximum absolute atomic E-state index is 12.4. The lowest BCUT2D eigenvalue weighted by Crippen LogP contribution is -2.13. The predicted molar refractivity (Wildman–Crippen MR) is 71.8 cm³/mol. The molecule has 0 aliphatic heterocycles. The van der Waals surface area contributed by atoms with Crippen LogP contribution in [0.2, 0.25) is 0 Å². The molecule has 0 amide bonds. The number of aromatic nitrogens is 2. The Labute approximate surface area is 112 Å². The average molecular weight is 253 g/mol. The molecule has 0 bridgehead atoms. The highest BCUT2D eigenvalue weighted by atomic mass is 16.1. The van der Waals surface area contributed by atoms with E-state index in [4.69, 9.17) is 0 Å². The maximum Gasteiger partial charge on any atom is 0.204 e. The first-order valence-electron chi connectivity index (χ1n) is 6.04. The smallest absolute Gasteiger partial charge is 0.204 e. The van der Waals surface area contributed by atoms with Crippen molar-refractivity contribution in [2.45, 2.75) is 19.8 Å². The van der Waals surface area contributed by atoms with Crippen molar-refractivity contribution in [3.05, 3.63) is 52.8 Å². The summed E-state index contributed by atoms with van der Waals surface area (Å²) in [5.74, 6) is -1.05. The molecule has 4 nitrogen and oxygen atoms in total. The molecule has 1 aromatic carbocycles. The van der Waals surface area contributed by atoms with Crippen LogP contribution in [-0.2, 0) is 7.05 Å². The molecule has 0 aliphatic rings. The molecule has 0 fully saturated rings. The van der Waals surface area contributed by atoms with Gasteiger partial charge in [0.2, 0.25) is 5.78 Å². The summed E-state index contributed by atoms with van der Waals surface area (Å²) in [6.45, 7) is 3.77. The Hall–Kier alpha value is -2.41. The molecular formula is C15H15N3O. The number of carbonyl (C=O) groups is 1. The first kappa shape index (κ1) is 13.0. The molecule has 0 spiro atoms. The number of carbonyl (C=O) groups excluding carboxylic acids is 1. The van der Waals surface area contributed by atoms with Gasteiger partial charge >= 0.3 is 0 Å². The van der Waals surface area contributed by atoms with E-state index in [1.165, 1.54) is 0 Å². The van der Waals surface area contributed by atoms with Crippen LogP contribution in [0.5, 0.6) is 0 Å². The highest BCUT2D eigenvalue weighted by Crippen LogP contribution is 2.23. The van der Waals surface area contributed by atoms with Crippen LogP contribution in [0.4, 0.5) is 0 Å². The minimum atomic E-state index is -0.796. The zero-order valence-electron chi connectivity index (χ0n) is 11.2. The lowest BCUT2D eigenvalue weighted by atomic mass is 9.91. The summed E-state index contributed by atoms with van der Waals surface area (Å²) >= 11 is 0. The topological polar surface area (TPSA) is 58.7 Å². The molecule has 0 radical (unpaired) electrons. The quantitative estimate of drug-likeness (QED) is 0.790. The number of nitrogens with zero attached hydrogens (tertiary/aromatic N) is 3. The molecule has 19 heavy (non-hydrogen) atoms. The molecule has 0 saturated carbocycles. The molecule has 0 saturated heterocycles. The number of hydrogen-bond acceptors (Lipinski definition) is 3. The van der Waals surface area contributed by atoms with Crippen LogP contribution in [0.1, 0.15) is 33.2 Å². The summed E-state index contributed by atoms with van der Waals surface area (Å²) < 4.78 is 1.64. The number of hydrogen-bond donors (Lipinski definition) is 0. The molecule has 2 rings (SSSR count). The van der Waals surface area contributed by atoms with Crippen molar-refractivity contribution in [2.75, 3.05) is 0 Å². The van der Waals surface area contributed by atoms with Gasteiger partial charge in [0.1, 0.15) is 11.6 Å². The highest BCUT2D eigenvalue weighted by Gasteiger charge is 2.25. The fraction of sp³-hybridized carbons (Fsp3) is 0.267. The zero-order valence-corrected chi connectivity index (χ0v) is 11.2. The molecule has 0 aliphatic carbocycles. The highest BCUT2D eigenvalue weighted by molar-refractivity contribution is 6.01. The van der Waals surface area contributed by atoms with Crippen LogP contribution in [0.3, 0.4) is 0 Å². The van der Waals surface area contributed by atoms with Crippen molar-refractivity contribution >= 4 is 5.78 Å². The molecule has 4 heteroatoms. The number of ketones is 1. The monoisotopic (exact) mass is 253 g/mol. The van der Waals surface area contributed by atoms with Gasteiger partial charge in [0.15, 0.2) is 0 Å². The van der Waals surface area contributed by atoms with Crippen LogP contribution in [0, 0.1) is 25.2 Å². The van der Waals surface area contributed by atoms with E-state index in [1.54, 1.807) is 17.8 Å². The number of benzene rings is 1. The third-order valence-electron chi connectivity index (χ3n) is 3.26. The van der Waals surface area contributed by atoms with Gasteiger partial charge in [-0.2, -0.15) is 10.4 Å². The Morgan fingerprint density at radius 3 is 2.58 bits per heavy atom. The lowest BCUT2D eigenvalue weighted by Gasteiger charge is -2.09. The van der Waals surface area contributed by atoms with Crippen LogP contribution in [-0.4, -0.2) is 15.6 Å². The van der Waals surface area contributed by atoms with Gasteiger partial charge in [-0.25, -0.2) is 0 Å². The third kappa shape index (κ3) is 2.41. The summed E-state index contributed by atoms with van der Waals surface area (Å²) in [5.41, 5.74) is 2.92. The van der Waals surface area contributed by atoms with Crippen LogP contribution >= 0.6 is 0 Å². The Balaban J connectivity index is 2.41. The van der Waals surface area contributed by atoms with Gasteiger partial charge in [0.25, 0.3) is 0 Å². The summed E-state index contributed by atoms with van der Waals surface area (Å²) in [6, 6.07) is 11.2. The molecule has 96 valence electrons. The van der Waals surface area contributed by atoms with Crippen molar-refractivity contribution in [3.63, 3.8) is 0 Å². The van der Waals surface area contributed by atoms with Crippen molar-refractivity contribution in [1.29, 1.82) is 5.26 Å². The first-order valence-corrected chi connectivity index (χ1v) is 6.04. The number of Topliss-reactive ketones (excluding diaryl/α,β-unsaturated/α-hetero) is 1. The molecular weight excluding hydrogens is 238 g/mol. The fourth-order valence-electron chi connectivity index (χ4n) is 2.01. The lowest BCUT2D eigenvalue weighted by molar-refractivity contribution is 0.0973. The van der Waals surface area contributed by atoms with Gasteiger partial charge in [-0.05, 0) is 31.0 Å². The van der Waals surface area contributed by atoms with Crippen molar-refractivity contribution < 1.29 is 4.79 Å². The maximum atomic E-state index is 12.4. The van der Waals surface area contributed by atoms with Gasteiger partial charge in [-0.15, -0.1) is 0 Å². The van der Waals surface area contributed by atoms with Crippen LogP contribution in [0.25, 0.3) is 0 Å². The minimum absolute atomic E-state index is 0.250. The summed E-state index contributed by atoms with van der Waals surface area (Å²) in [5, 5.41) is 13.5. The molecule has 1 atom stereocenters. The molecule has 0 N–H and O–H groups in total. The predicted octanol–water partition coefficient (Wildman–Crippen LogP) is 2.53. The van der Waals surface area contributed by atoms with Gasteiger partial charge in [0.05, 0.1) is 6.07 Å². The Kier molecular flexibility index (Phi) is 3.48. The van der Waals surface area contributed by atoms with Crippen molar-refractivity contribution in [3.8, 4) is 6.07 Å². The number of nitriles is 1. The minimum Gasteiger partial charge on any atom is -0.290 e. The van der Waals surface area contributed by atoms with E-state index >= 15 is 0 Å². The number of rotatable bonds is 3. The van der Waals surface area contributed by atoms with E-state index < -0.39 is 5.92 Å². The van der Waals surface area contributed by atoms with E-state index in [0.29, 0.717) is 5.69 Å². The summed E-state index contributed by atoms with van der Waals surface area (Å²) in [6.07, 6.45) is 0. The molecule has 2 aromatic rings. The molecule has 1 heterocycles. The normalized spacial score (nSPS) is 11.9. The Bertz CT molecular complexity index is 645. The van der Waals surface area contributed by atoms with Crippen molar-refractivity contribution in [2.24, 2.45) is 7.05 Å². The Morgan fingerprint density at radius 2 is 2.05 bits per heavy atom. The standard InChI is InChI=1S/C15H15N3O/c1-10-6-4-5-7-12(10)13(9-16)15(19)14-8-11(2)18(3)17-14/h4-8,13H,1-3H3. The van der Waals surface area contributed by atoms with Gasteiger partial charge < -0.3 is 0 Å². The fourth-order valence-corrected chi connectivity index (χ4v) is 2.01. The van der Waals surface area contributed by atoms with Crippen LogP contribution < -0.4 is 0 Å².